The number of benzene rings is 3. The number of hydrogen-bond donors (Lipinski definition) is 1. The second-order valence-corrected chi connectivity index (χ2v) is 6.74. The first kappa shape index (κ1) is 17.8. The van der Waals surface area contributed by atoms with E-state index in [0.29, 0.717) is 23.5 Å². The fraction of sp³-hybridized carbons (Fsp3) is 0.143. The summed E-state index contributed by atoms with van der Waals surface area (Å²) in [4.78, 5) is 13.8. The fourth-order valence-corrected chi connectivity index (χ4v) is 3.52. The van der Waals surface area contributed by atoms with Gasteiger partial charge < -0.3 is 10.1 Å². The molecule has 0 atom stereocenters. The third-order valence-electron chi connectivity index (χ3n) is 3.92. The van der Waals surface area contributed by atoms with Crippen LogP contribution in [-0.2, 0) is 0 Å². The summed E-state index contributed by atoms with van der Waals surface area (Å²) < 4.78 is 5.42. The van der Waals surface area contributed by atoms with E-state index in [1.807, 2.05) is 60.7 Å². The van der Waals surface area contributed by atoms with Crippen molar-refractivity contribution < 1.29 is 9.53 Å². The van der Waals surface area contributed by atoms with Gasteiger partial charge >= 0.3 is 0 Å². The first-order chi connectivity index (χ1) is 12.7. The quantitative estimate of drug-likeness (QED) is 0.489. The second kappa shape index (κ2) is 8.41. The maximum atomic E-state index is 12.9. The first-order valence-electron chi connectivity index (χ1n) is 8.20. The molecule has 3 aromatic rings. The van der Waals surface area contributed by atoms with E-state index in [1.54, 1.807) is 18.9 Å². The van der Waals surface area contributed by atoms with Crippen LogP contribution in [0.4, 0.5) is 5.69 Å². The predicted octanol–water partition coefficient (Wildman–Crippen LogP) is 5.11. The predicted molar refractivity (Wildman–Crippen MR) is 106 cm³/mol. The lowest BCUT2D eigenvalue weighted by Crippen LogP contribution is -2.14. The summed E-state index contributed by atoms with van der Waals surface area (Å²) in [5.74, 6) is 1.000. The van der Waals surface area contributed by atoms with Gasteiger partial charge in [0, 0.05) is 17.1 Å². The second-order valence-electron chi connectivity index (χ2n) is 5.61. The molecule has 0 saturated carbocycles. The Labute approximate surface area is 156 Å². The summed E-state index contributed by atoms with van der Waals surface area (Å²) >= 11 is 1.55. The van der Waals surface area contributed by atoms with Crippen LogP contribution in [-0.4, -0.2) is 18.8 Å². The maximum Gasteiger partial charge on any atom is 0.259 e. The highest BCUT2D eigenvalue weighted by atomic mass is 32.2. The van der Waals surface area contributed by atoms with E-state index in [4.69, 9.17) is 10.00 Å². The van der Waals surface area contributed by atoms with Crippen molar-refractivity contribution in [2.45, 2.75) is 11.3 Å². The van der Waals surface area contributed by atoms with Gasteiger partial charge in [-0.05, 0) is 35.0 Å². The fourth-order valence-electron chi connectivity index (χ4n) is 2.66. The number of rotatable bonds is 6. The van der Waals surface area contributed by atoms with Crippen LogP contribution in [0.2, 0.25) is 0 Å². The highest BCUT2D eigenvalue weighted by Gasteiger charge is 2.15. The summed E-state index contributed by atoms with van der Waals surface area (Å²) in [7, 11) is 1.56. The third kappa shape index (κ3) is 3.98. The van der Waals surface area contributed by atoms with Gasteiger partial charge in [-0.15, -0.1) is 11.8 Å². The zero-order valence-electron chi connectivity index (χ0n) is 14.4. The van der Waals surface area contributed by atoms with Crippen LogP contribution in [0.1, 0.15) is 16.8 Å². The summed E-state index contributed by atoms with van der Waals surface area (Å²) in [6.45, 7) is 0. The minimum atomic E-state index is -0.221. The molecule has 130 valence electrons. The topological polar surface area (TPSA) is 62.1 Å². The molecule has 0 aliphatic carbocycles. The van der Waals surface area contributed by atoms with Crippen LogP contribution in [0, 0.1) is 11.3 Å². The number of hydrogen-bond acceptors (Lipinski definition) is 4. The van der Waals surface area contributed by atoms with E-state index in [2.05, 4.69) is 11.4 Å². The number of para-hydroxylation sites is 1. The molecule has 0 spiro atoms. The highest BCUT2D eigenvalue weighted by molar-refractivity contribution is 7.99. The molecule has 4 nitrogen and oxygen atoms in total. The number of carbonyl (C=O) groups excluding carboxylic acids is 1. The monoisotopic (exact) mass is 362 g/mol. The smallest absolute Gasteiger partial charge is 0.259 e. The molecule has 1 amide bonds. The maximum absolute atomic E-state index is 12.9. The van der Waals surface area contributed by atoms with E-state index in [-0.39, 0.29) is 5.91 Å². The van der Waals surface area contributed by atoms with Crippen molar-refractivity contribution in [2.75, 3.05) is 18.2 Å². The van der Waals surface area contributed by atoms with Gasteiger partial charge in [-0.2, -0.15) is 5.26 Å². The van der Waals surface area contributed by atoms with Crippen LogP contribution < -0.4 is 10.1 Å². The minimum absolute atomic E-state index is 0.221. The summed E-state index contributed by atoms with van der Waals surface area (Å²) in [6.07, 6.45) is 0.464. The lowest BCUT2D eigenvalue weighted by molar-refractivity contribution is 0.102. The van der Waals surface area contributed by atoms with Gasteiger partial charge in [0.1, 0.15) is 5.75 Å². The molecule has 0 heterocycles. The average Bonchev–Trinajstić information content (AvgIpc) is 2.68. The molecular formula is C21H18N2O2S. The van der Waals surface area contributed by atoms with Crippen molar-refractivity contribution in [2.24, 2.45) is 0 Å². The van der Waals surface area contributed by atoms with E-state index in [0.717, 1.165) is 21.4 Å². The third-order valence-corrected chi connectivity index (χ3v) is 4.99. The van der Waals surface area contributed by atoms with E-state index in [9.17, 15) is 4.79 Å². The molecule has 0 aromatic heterocycles. The van der Waals surface area contributed by atoms with Crippen molar-refractivity contribution in [1.82, 2.24) is 0 Å². The van der Waals surface area contributed by atoms with E-state index >= 15 is 0 Å². The SMILES string of the molecule is COc1cc2ccccc2cc1C(=O)Nc1ccccc1SCCC#N. The number of thioether (sulfide) groups is 1. The molecule has 0 unspecified atom stereocenters. The summed E-state index contributed by atoms with van der Waals surface area (Å²) in [6, 6.07) is 21.3. The van der Waals surface area contributed by atoms with Crippen LogP contribution in [0.5, 0.6) is 5.75 Å². The molecule has 3 aromatic carbocycles. The van der Waals surface area contributed by atoms with Crippen molar-refractivity contribution in [1.29, 1.82) is 5.26 Å². The highest BCUT2D eigenvalue weighted by Crippen LogP contribution is 2.30. The van der Waals surface area contributed by atoms with Crippen molar-refractivity contribution >= 4 is 34.1 Å². The number of nitrogens with one attached hydrogen (secondary N) is 1. The van der Waals surface area contributed by atoms with Gasteiger partial charge in [0.25, 0.3) is 5.91 Å². The molecule has 26 heavy (non-hydrogen) atoms. The minimum Gasteiger partial charge on any atom is -0.496 e. The number of nitrogens with zero attached hydrogens (tertiary/aromatic N) is 1. The number of methoxy groups -OCH3 is 1. The standard InChI is InChI=1S/C21H18N2O2S/c1-25-19-14-16-8-3-2-7-15(16)13-17(19)21(24)23-18-9-4-5-10-20(18)26-12-6-11-22/h2-5,7-10,13-14H,6,12H2,1H3,(H,23,24). The summed E-state index contributed by atoms with van der Waals surface area (Å²) in [5, 5.41) is 13.7. The Bertz CT molecular complexity index is 979. The molecule has 1 N–H and O–H groups in total. The van der Waals surface area contributed by atoms with Crippen molar-refractivity contribution in [3.8, 4) is 11.8 Å². The van der Waals surface area contributed by atoms with Crippen molar-refractivity contribution in [3.63, 3.8) is 0 Å². The van der Waals surface area contributed by atoms with Gasteiger partial charge in [0.05, 0.1) is 24.4 Å². The molecule has 3 rings (SSSR count). The lowest BCUT2D eigenvalue weighted by Gasteiger charge is -2.13. The van der Waals surface area contributed by atoms with E-state index in [1.165, 1.54) is 0 Å². The zero-order chi connectivity index (χ0) is 18.4. The van der Waals surface area contributed by atoms with Gasteiger partial charge in [-0.1, -0.05) is 36.4 Å². The van der Waals surface area contributed by atoms with E-state index < -0.39 is 0 Å². The largest absolute Gasteiger partial charge is 0.496 e. The Kier molecular flexibility index (Phi) is 5.77. The summed E-state index contributed by atoms with van der Waals surface area (Å²) in [5.41, 5.74) is 1.22. The Morgan fingerprint density at radius 1 is 1.12 bits per heavy atom. The molecule has 0 aliphatic heterocycles. The first-order valence-corrected chi connectivity index (χ1v) is 9.18. The van der Waals surface area contributed by atoms with Crippen LogP contribution in [0.25, 0.3) is 10.8 Å². The van der Waals surface area contributed by atoms with Crippen LogP contribution in [0.15, 0.2) is 65.6 Å². The molecule has 0 aliphatic rings. The Morgan fingerprint density at radius 3 is 2.54 bits per heavy atom. The number of carbonyl (C=O) groups is 1. The number of fused-ring (bicyclic) bond motifs is 1. The lowest BCUT2D eigenvalue weighted by atomic mass is 10.1. The van der Waals surface area contributed by atoms with Gasteiger partial charge in [-0.25, -0.2) is 0 Å². The molecule has 5 heteroatoms. The van der Waals surface area contributed by atoms with Crippen LogP contribution in [0.3, 0.4) is 0 Å². The normalized spacial score (nSPS) is 10.3. The molecule has 0 bridgehead atoms. The Hall–Kier alpha value is -2.97. The average molecular weight is 362 g/mol. The molecule has 0 fully saturated rings. The van der Waals surface area contributed by atoms with Gasteiger partial charge in [0.2, 0.25) is 0 Å². The van der Waals surface area contributed by atoms with Gasteiger partial charge in [0.15, 0.2) is 0 Å². The molecular weight excluding hydrogens is 344 g/mol. The van der Waals surface area contributed by atoms with Crippen molar-refractivity contribution in [3.05, 3.63) is 66.2 Å². The Balaban J connectivity index is 1.89. The Morgan fingerprint density at radius 2 is 1.81 bits per heavy atom. The zero-order valence-corrected chi connectivity index (χ0v) is 15.2. The van der Waals surface area contributed by atoms with Crippen LogP contribution >= 0.6 is 11.8 Å². The molecule has 0 saturated heterocycles. The molecule has 0 radical (unpaired) electrons. The number of nitriles is 1. The number of ether oxygens (including phenoxy) is 1. The number of anilines is 1. The van der Waals surface area contributed by atoms with Gasteiger partial charge in [-0.3, -0.25) is 4.79 Å². The number of amides is 1.